The highest BCUT2D eigenvalue weighted by molar-refractivity contribution is 5.69. The van der Waals surface area contributed by atoms with E-state index in [1.54, 1.807) is 0 Å². The van der Waals surface area contributed by atoms with E-state index in [0.29, 0.717) is 47.8 Å². The highest BCUT2D eigenvalue weighted by Crippen LogP contribution is 2.67. The maximum atomic E-state index is 13.3. The second-order valence-corrected chi connectivity index (χ2v) is 18.3. The molecule has 0 saturated heterocycles. The van der Waals surface area contributed by atoms with Gasteiger partial charge in [-0.25, -0.2) is 0 Å². The Bertz CT molecular complexity index is 1100. The van der Waals surface area contributed by atoms with Crippen molar-refractivity contribution in [2.75, 3.05) is 0 Å². The summed E-state index contributed by atoms with van der Waals surface area (Å²) in [5.41, 5.74) is 1.62. The molecule has 0 aliphatic heterocycles. The molecule has 0 amide bonds. The number of hydrogen-bond donors (Lipinski definition) is 1. The van der Waals surface area contributed by atoms with Gasteiger partial charge in [-0.3, -0.25) is 4.79 Å². The van der Waals surface area contributed by atoms with Crippen LogP contribution in [0.4, 0.5) is 0 Å². The van der Waals surface area contributed by atoms with Gasteiger partial charge in [0.25, 0.3) is 0 Å². The van der Waals surface area contributed by atoms with Crippen molar-refractivity contribution in [3.05, 3.63) is 36.0 Å². The molecule has 0 aromatic rings. The standard InChI is InChI=1S/C47H80O3/c1-8-10-11-12-13-14-15-16-17-18-19-20-21-22-23-24-45(49)50-44-34-39(48)33-38-27-28-40-42-30-29-41(36(5)25-26-37(9-2)35(3)4)46(42,6)32-31-43(40)47(38,44)7/h16-17,25-27,35-37,39-44,48H,8-15,18-24,28-34H2,1-7H3/b17-16+,26-25+/t36-,37+,39+,40+,41-,42+,43+,44?,46-,47+/m1/s1. The van der Waals surface area contributed by atoms with Gasteiger partial charge in [-0.2, -0.15) is 0 Å². The van der Waals surface area contributed by atoms with Gasteiger partial charge in [0, 0.05) is 18.3 Å². The predicted molar refractivity (Wildman–Crippen MR) is 213 cm³/mol. The zero-order valence-electron chi connectivity index (χ0n) is 33.9. The number of fused-ring (bicyclic) bond motifs is 5. The quantitative estimate of drug-likeness (QED) is 0.0740. The van der Waals surface area contributed by atoms with E-state index in [1.807, 2.05) is 0 Å². The van der Waals surface area contributed by atoms with E-state index in [1.165, 1.54) is 108 Å². The summed E-state index contributed by atoms with van der Waals surface area (Å²) in [6.45, 7) is 16.9. The van der Waals surface area contributed by atoms with Crippen molar-refractivity contribution >= 4 is 5.97 Å². The first-order valence-electron chi connectivity index (χ1n) is 22.0. The average Bonchev–Trinajstić information content (AvgIpc) is 3.44. The van der Waals surface area contributed by atoms with Gasteiger partial charge in [-0.15, -0.1) is 0 Å². The SMILES string of the molecule is CCCCCCCC/C=C/CCCCCCCC(=O)OC1C[C@@H](O)CC2=CC[C@H]3[C@@H]4CC[C@H]([C@H](C)/C=C/[C@H](CC)C(C)C)[C@@]4(C)CC[C@@H]3[C@]21C. The number of hydrogen-bond acceptors (Lipinski definition) is 3. The normalized spacial score (nSPS) is 33.7. The zero-order chi connectivity index (χ0) is 36.1. The van der Waals surface area contributed by atoms with Crippen molar-refractivity contribution in [2.24, 2.45) is 52.3 Å². The fraction of sp³-hybridized carbons (Fsp3) is 0.851. The largest absolute Gasteiger partial charge is 0.461 e. The smallest absolute Gasteiger partial charge is 0.306 e. The fourth-order valence-electron chi connectivity index (χ4n) is 11.6. The van der Waals surface area contributed by atoms with Crippen LogP contribution in [0.1, 0.15) is 190 Å². The molecule has 50 heavy (non-hydrogen) atoms. The summed E-state index contributed by atoms with van der Waals surface area (Å²) < 4.78 is 6.42. The molecule has 0 bridgehead atoms. The molecule has 1 N–H and O–H groups in total. The van der Waals surface area contributed by atoms with Gasteiger partial charge in [0.15, 0.2) is 0 Å². The predicted octanol–water partition coefficient (Wildman–Crippen LogP) is 13.4. The first kappa shape index (κ1) is 41.4. The van der Waals surface area contributed by atoms with Crippen LogP contribution < -0.4 is 0 Å². The third-order valence-corrected chi connectivity index (χ3v) is 14.8. The molecule has 10 atom stereocenters. The van der Waals surface area contributed by atoms with Gasteiger partial charge in [0.05, 0.1) is 6.10 Å². The van der Waals surface area contributed by atoms with Gasteiger partial charge in [0.2, 0.25) is 0 Å². The number of ether oxygens (including phenoxy) is 1. The maximum Gasteiger partial charge on any atom is 0.306 e. The van der Waals surface area contributed by atoms with E-state index in [4.69, 9.17) is 4.74 Å². The van der Waals surface area contributed by atoms with E-state index in [9.17, 15) is 9.90 Å². The molecule has 0 spiro atoms. The van der Waals surface area contributed by atoms with Crippen LogP contribution in [0, 0.1) is 52.3 Å². The lowest BCUT2D eigenvalue weighted by molar-refractivity contribution is -0.169. The summed E-state index contributed by atoms with van der Waals surface area (Å²) in [4.78, 5) is 13.3. The molecule has 3 heteroatoms. The topological polar surface area (TPSA) is 46.5 Å². The minimum Gasteiger partial charge on any atom is -0.461 e. The van der Waals surface area contributed by atoms with Crippen molar-refractivity contribution in [1.82, 2.24) is 0 Å². The Kier molecular flexibility index (Phi) is 16.7. The molecule has 0 radical (unpaired) electrons. The van der Waals surface area contributed by atoms with Crippen molar-refractivity contribution < 1.29 is 14.6 Å². The number of carbonyl (C=O) groups excluding carboxylic acids is 1. The van der Waals surface area contributed by atoms with Crippen LogP contribution in [-0.2, 0) is 9.53 Å². The van der Waals surface area contributed by atoms with E-state index in [-0.39, 0.29) is 17.5 Å². The van der Waals surface area contributed by atoms with Gasteiger partial charge in [-0.1, -0.05) is 136 Å². The first-order valence-corrected chi connectivity index (χ1v) is 22.0. The number of carbonyl (C=O) groups is 1. The maximum absolute atomic E-state index is 13.3. The first-order chi connectivity index (χ1) is 24.1. The molecule has 3 saturated carbocycles. The van der Waals surface area contributed by atoms with E-state index >= 15 is 0 Å². The van der Waals surface area contributed by atoms with Gasteiger partial charge < -0.3 is 9.84 Å². The van der Waals surface area contributed by atoms with Crippen LogP contribution in [0.5, 0.6) is 0 Å². The summed E-state index contributed by atoms with van der Waals surface area (Å²) in [7, 11) is 0. The number of aliphatic hydroxyl groups excluding tert-OH is 1. The van der Waals surface area contributed by atoms with E-state index in [2.05, 4.69) is 78.8 Å². The number of rotatable bonds is 21. The molecule has 1 unspecified atom stereocenters. The summed E-state index contributed by atoms with van der Waals surface area (Å²) in [6, 6.07) is 0. The Balaban J connectivity index is 1.24. The van der Waals surface area contributed by atoms with E-state index in [0.717, 1.165) is 37.5 Å². The average molecular weight is 693 g/mol. The number of unbranched alkanes of at least 4 members (excludes halogenated alkanes) is 11. The van der Waals surface area contributed by atoms with Crippen molar-refractivity contribution in [3.63, 3.8) is 0 Å². The minimum atomic E-state index is -0.404. The monoisotopic (exact) mass is 693 g/mol. The van der Waals surface area contributed by atoms with E-state index < -0.39 is 6.10 Å². The van der Waals surface area contributed by atoms with Gasteiger partial charge >= 0.3 is 5.97 Å². The number of allylic oxidation sites excluding steroid dienone is 5. The third-order valence-electron chi connectivity index (χ3n) is 14.8. The number of esters is 1. The van der Waals surface area contributed by atoms with Crippen LogP contribution in [0.3, 0.4) is 0 Å². The lowest BCUT2D eigenvalue weighted by Crippen LogP contribution is -2.56. The zero-order valence-corrected chi connectivity index (χ0v) is 33.9. The summed E-state index contributed by atoms with van der Waals surface area (Å²) >= 11 is 0. The summed E-state index contributed by atoms with van der Waals surface area (Å²) in [6.07, 6.45) is 37.5. The lowest BCUT2D eigenvalue weighted by Gasteiger charge is -2.60. The Morgan fingerprint density at radius 3 is 2.20 bits per heavy atom. The van der Waals surface area contributed by atoms with Crippen LogP contribution in [0.2, 0.25) is 0 Å². The number of aliphatic hydroxyl groups is 1. The van der Waals surface area contributed by atoms with Crippen molar-refractivity contribution in [3.8, 4) is 0 Å². The molecule has 4 aliphatic rings. The molecule has 0 heterocycles. The molecule has 4 rings (SSSR count). The van der Waals surface area contributed by atoms with Crippen LogP contribution >= 0.6 is 0 Å². The molecule has 286 valence electrons. The fourth-order valence-corrected chi connectivity index (χ4v) is 11.6. The van der Waals surface area contributed by atoms with Gasteiger partial charge in [-0.05, 0) is 124 Å². The highest BCUT2D eigenvalue weighted by atomic mass is 16.5. The molecule has 4 aliphatic carbocycles. The Labute approximate surface area is 310 Å². The summed E-state index contributed by atoms with van der Waals surface area (Å²) in [5.74, 6) is 4.65. The minimum absolute atomic E-state index is 0.0432. The van der Waals surface area contributed by atoms with Crippen LogP contribution in [0.15, 0.2) is 36.0 Å². The Morgan fingerprint density at radius 2 is 1.54 bits per heavy atom. The molecule has 0 aromatic carbocycles. The molecule has 0 aromatic heterocycles. The Hall–Kier alpha value is -1.35. The second kappa shape index (κ2) is 20.2. The lowest BCUT2D eigenvalue weighted by atomic mass is 9.46. The molecular formula is C47H80O3. The van der Waals surface area contributed by atoms with Crippen molar-refractivity contribution in [1.29, 1.82) is 0 Å². The Morgan fingerprint density at radius 1 is 0.880 bits per heavy atom. The molecule has 3 nitrogen and oxygen atoms in total. The summed E-state index contributed by atoms with van der Waals surface area (Å²) in [5, 5.41) is 10.9. The van der Waals surface area contributed by atoms with Crippen LogP contribution in [-0.4, -0.2) is 23.3 Å². The van der Waals surface area contributed by atoms with Crippen LogP contribution in [0.25, 0.3) is 0 Å². The molecular weight excluding hydrogens is 613 g/mol. The second-order valence-electron chi connectivity index (χ2n) is 18.3. The third kappa shape index (κ3) is 10.4. The van der Waals surface area contributed by atoms with Gasteiger partial charge in [0.1, 0.15) is 6.10 Å². The van der Waals surface area contributed by atoms with Crippen molar-refractivity contribution in [2.45, 2.75) is 202 Å². The molecule has 3 fully saturated rings. The highest BCUT2D eigenvalue weighted by Gasteiger charge is 2.61.